The van der Waals surface area contributed by atoms with Gasteiger partial charge in [-0.15, -0.1) is 0 Å². The van der Waals surface area contributed by atoms with Gasteiger partial charge in [-0.2, -0.15) is 0 Å². The van der Waals surface area contributed by atoms with Crippen LogP contribution in [-0.4, -0.2) is 52.5 Å². The molecule has 4 rings (SSSR count). The highest BCUT2D eigenvalue weighted by Crippen LogP contribution is 2.26. The first-order valence-corrected chi connectivity index (χ1v) is 12.3. The minimum absolute atomic E-state index is 0.0267. The lowest BCUT2D eigenvalue weighted by molar-refractivity contribution is 0.0746. The first-order chi connectivity index (χ1) is 15.9. The van der Waals surface area contributed by atoms with Crippen LogP contribution in [0.5, 0.6) is 5.75 Å². The third-order valence-corrected chi connectivity index (χ3v) is 7.19. The number of hydrogen-bond acceptors (Lipinski definition) is 5. The molecule has 3 aromatic carbocycles. The van der Waals surface area contributed by atoms with E-state index in [1.165, 1.54) is 12.1 Å². The molecule has 7 nitrogen and oxygen atoms in total. The standard InChI is InChI=1S/C24H24ClN3O4S/c1-32-20-11-9-19(10-12-20)26-33(30,31)21-6-4-5-18(17-21)24(29)28-15-13-27(14-16-28)23-8-3-2-7-22(23)25/h2-12,17,26H,13-16H2,1H3. The Morgan fingerprint density at radius 1 is 0.939 bits per heavy atom. The van der Waals surface area contributed by atoms with E-state index in [2.05, 4.69) is 9.62 Å². The summed E-state index contributed by atoms with van der Waals surface area (Å²) in [7, 11) is -2.31. The normalized spacial score (nSPS) is 14.1. The zero-order chi connectivity index (χ0) is 23.4. The van der Waals surface area contributed by atoms with Crippen LogP contribution in [0.15, 0.2) is 77.7 Å². The van der Waals surface area contributed by atoms with E-state index in [0.29, 0.717) is 48.2 Å². The SMILES string of the molecule is COc1ccc(NS(=O)(=O)c2cccc(C(=O)N3CCN(c4ccccc4Cl)CC3)c2)cc1. The zero-order valence-electron chi connectivity index (χ0n) is 18.1. The molecule has 0 bridgehead atoms. The molecule has 1 amide bonds. The van der Waals surface area contributed by atoms with Crippen molar-refractivity contribution in [2.45, 2.75) is 4.90 Å². The molecule has 0 radical (unpaired) electrons. The Balaban J connectivity index is 1.45. The predicted octanol–water partition coefficient (Wildman–Crippen LogP) is 4.11. The van der Waals surface area contributed by atoms with Crippen molar-refractivity contribution in [3.63, 3.8) is 0 Å². The number of carbonyl (C=O) groups is 1. The lowest BCUT2D eigenvalue weighted by Crippen LogP contribution is -2.48. The number of halogens is 1. The number of nitrogens with zero attached hydrogens (tertiary/aromatic N) is 2. The fourth-order valence-electron chi connectivity index (χ4n) is 3.71. The quantitative estimate of drug-likeness (QED) is 0.568. The van der Waals surface area contributed by atoms with Crippen molar-refractivity contribution in [3.8, 4) is 5.75 Å². The minimum Gasteiger partial charge on any atom is -0.497 e. The number of methoxy groups -OCH3 is 1. The van der Waals surface area contributed by atoms with E-state index in [0.717, 1.165) is 5.69 Å². The van der Waals surface area contributed by atoms with E-state index in [-0.39, 0.29) is 10.8 Å². The van der Waals surface area contributed by atoms with Crippen LogP contribution in [-0.2, 0) is 10.0 Å². The summed E-state index contributed by atoms with van der Waals surface area (Å²) < 4.78 is 33.3. The summed E-state index contributed by atoms with van der Waals surface area (Å²) in [4.78, 5) is 17.0. The molecular weight excluding hydrogens is 462 g/mol. The van der Waals surface area contributed by atoms with Crippen molar-refractivity contribution in [2.75, 3.05) is 42.9 Å². The number of ether oxygens (including phenoxy) is 1. The molecule has 3 aromatic rings. The highest BCUT2D eigenvalue weighted by molar-refractivity contribution is 7.92. The van der Waals surface area contributed by atoms with Gasteiger partial charge in [0.05, 0.1) is 22.7 Å². The van der Waals surface area contributed by atoms with Gasteiger partial charge in [0.1, 0.15) is 5.75 Å². The Bertz CT molecular complexity index is 1240. The molecule has 1 fully saturated rings. The van der Waals surface area contributed by atoms with Crippen molar-refractivity contribution in [2.24, 2.45) is 0 Å². The molecule has 0 aromatic heterocycles. The fraction of sp³-hybridized carbons (Fsp3) is 0.208. The van der Waals surface area contributed by atoms with Crippen LogP contribution in [0.4, 0.5) is 11.4 Å². The molecular formula is C24H24ClN3O4S. The highest BCUT2D eigenvalue weighted by Gasteiger charge is 2.24. The van der Waals surface area contributed by atoms with E-state index < -0.39 is 10.0 Å². The Kier molecular flexibility index (Phi) is 6.76. The van der Waals surface area contributed by atoms with E-state index in [1.54, 1.807) is 48.4 Å². The first kappa shape index (κ1) is 22.9. The number of carbonyl (C=O) groups excluding carboxylic acids is 1. The molecule has 1 saturated heterocycles. The van der Waals surface area contributed by atoms with Crippen molar-refractivity contribution in [1.82, 2.24) is 4.90 Å². The van der Waals surface area contributed by atoms with Crippen molar-refractivity contribution in [3.05, 3.63) is 83.4 Å². The average molecular weight is 486 g/mol. The third-order valence-electron chi connectivity index (χ3n) is 5.49. The van der Waals surface area contributed by atoms with Gasteiger partial charge < -0.3 is 14.5 Å². The van der Waals surface area contributed by atoms with Crippen LogP contribution in [0.25, 0.3) is 0 Å². The van der Waals surface area contributed by atoms with Crippen LogP contribution in [0, 0.1) is 0 Å². The lowest BCUT2D eigenvalue weighted by atomic mass is 10.1. The second kappa shape index (κ2) is 9.72. The number of para-hydroxylation sites is 1. The van der Waals surface area contributed by atoms with E-state index in [1.807, 2.05) is 24.3 Å². The average Bonchev–Trinajstić information content (AvgIpc) is 2.84. The van der Waals surface area contributed by atoms with Crippen LogP contribution in [0.2, 0.25) is 5.02 Å². The number of benzene rings is 3. The summed E-state index contributed by atoms with van der Waals surface area (Å²) in [6.45, 7) is 2.33. The second-order valence-electron chi connectivity index (χ2n) is 7.59. The van der Waals surface area contributed by atoms with Gasteiger partial charge in [-0.25, -0.2) is 8.42 Å². The second-order valence-corrected chi connectivity index (χ2v) is 9.68. The van der Waals surface area contributed by atoms with Crippen LogP contribution in [0.3, 0.4) is 0 Å². The van der Waals surface area contributed by atoms with Crippen molar-refractivity contribution >= 4 is 38.9 Å². The van der Waals surface area contributed by atoms with Crippen LogP contribution in [0.1, 0.15) is 10.4 Å². The molecule has 0 atom stereocenters. The number of hydrogen-bond donors (Lipinski definition) is 1. The summed E-state index contributed by atoms with van der Waals surface area (Å²) in [6, 6.07) is 20.3. The number of sulfonamides is 1. The highest BCUT2D eigenvalue weighted by atomic mass is 35.5. The van der Waals surface area contributed by atoms with Crippen molar-refractivity contribution in [1.29, 1.82) is 0 Å². The molecule has 0 unspecified atom stereocenters. The summed E-state index contributed by atoms with van der Waals surface area (Å²) in [5.41, 5.74) is 1.69. The molecule has 0 aliphatic carbocycles. The Morgan fingerprint density at radius 2 is 1.64 bits per heavy atom. The molecule has 1 N–H and O–H groups in total. The van der Waals surface area contributed by atoms with Gasteiger partial charge >= 0.3 is 0 Å². The molecule has 172 valence electrons. The lowest BCUT2D eigenvalue weighted by Gasteiger charge is -2.36. The smallest absolute Gasteiger partial charge is 0.261 e. The summed E-state index contributed by atoms with van der Waals surface area (Å²) in [5.74, 6) is 0.426. The summed E-state index contributed by atoms with van der Waals surface area (Å²) in [5, 5.41) is 0.680. The molecule has 0 spiro atoms. The summed E-state index contributed by atoms with van der Waals surface area (Å²) >= 11 is 6.29. The number of rotatable bonds is 6. The third kappa shape index (κ3) is 5.23. The number of nitrogens with one attached hydrogen (secondary N) is 1. The van der Waals surface area contributed by atoms with Gasteiger partial charge in [0.15, 0.2) is 0 Å². The number of anilines is 2. The van der Waals surface area contributed by atoms with Gasteiger partial charge in [-0.1, -0.05) is 29.8 Å². The van der Waals surface area contributed by atoms with Gasteiger partial charge in [0, 0.05) is 37.4 Å². The van der Waals surface area contributed by atoms with Gasteiger partial charge in [-0.3, -0.25) is 9.52 Å². The monoisotopic (exact) mass is 485 g/mol. The van der Waals surface area contributed by atoms with Crippen LogP contribution < -0.4 is 14.4 Å². The Hall–Kier alpha value is -3.23. The minimum atomic E-state index is -3.85. The number of piperazine rings is 1. The number of amides is 1. The van der Waals surface area contributed by atoms with Crippen molar-refractivity contribution < 1.29 is 17.9 Å². The van der Waals surface area contributed by atoms with Gasteiger partial charge in [-0.05, 0) is 54.6 Å². The maximum absolute atomic E-state index is 13.1. The molecule has 1 aliphatic heterocycles. The maximum atomic E-state index is 13.1. The van der Waals surface area contributed by atoms with Crippen LogP contribution >= 0.6 is 11.6 Å². The summed E-state index contributed by atoms with van der Waals surface area (Å²) in [6.07, 6.45) is 0. The maximum Gasteiger partial charge on any atom is 0.261 e. The van der Waals surface area contributed by atoms with E-state index in [4.69, 9.17) is 16.3 Å². The first-order valence-electron chi connectivity index (χ1n) is 10.4. The predicted molar refractivity (Wildman–Crippen MR) is 130 cm³/mol. The topological polar surface area (TPSA) is 78.9 Å². The molecule has 0 saturated carbocycles. The van der Waals surface area contributed by atoms with E-state index in [9.17, 15) is 13.2 Å². The molecule has 1 heterocycles. The zero-order valence-corrected chi connectivity index (χ0v) is 19.6. The molecule has 9 heteroatoms. The van der Waals surface area contributed by atoms with Gasteiger partial charge in [0.2, 0.25) is 0 Å². The Labute approximate surface area is 198 Å². The fourth-order valence-corrected chi connectivity index (χ4v) is 5.07. The Morgan fingerprint density at radius 3 is 2.30 bits per heavy atom. The van der Waals surface area contributed by atoms with E-state index >= 15 is 0 Å². The molecule has 33 heavy (non-hydrogen) atoms. The largest absolute Gasteiger partial charge is 0.497 e. The van der Waals surface area contributed by atoms with Gasteiger partial charge in [0.25, 0.3) is 15.9 Å². The molecule has 1 aliphatic rings.